The van der Waals surface area contributed by atoms with Gasteiger partial charge in [0.2, 0.25) is 5.91 Å². The van der Waals surface area contributed by atoms with E-state index in [2.05, 4.69) is 22.5 Å². The van der Waals surface area contributed by atoms with Crippen LogP contribution in [0.2, 0.25) is 0 Å². The first-order chi connectivity index (χ1) is 7.24. The van der Waals surface area contributed by atoms with E-state index in [0.717, 1.165) is 12.8 Å². The molecule has 1 aliphatic heterocycles. The summed E-state index contributed by atoms with van der Waals surface area (Å²) in [6.07, 6.45) is 7.59. The molecule has 0 spiro atoms. The maximum Gasteiger partial charge on any atom is 0.236 e. The molecule has 78 valence electrons. The number of carbonyl (C=O) groups is 1. The Hall–Kier alpha value is -1.58. The minimum Gasteiger partial charge on any atom is -0.370 e. The number of aliphatic imine (C=N–C) groups is 1. The lowest BCUT2D eigenvalue weighted by Crippen LogP contribution is -2.48. The Kier molecular flexibility index (Phi) is 1.71. The van der Waals surface area contributed by atoms with Gasteiger partial charge in [0.05, 0.1) is 12.0 Å². The van der Waals surface area contributed by atoms with Gasteiger partial charge < -0.3 is 5.73 Å². The fourth-order valence-electron chi connectivity index (χ4n) is 2.55. The van der Waals surface area contributed by atoms with Crippen LogP contribution < -0.4 is 11.1 Å². The molecule has 4 heteroatoms. The van der Waals surface area contributed by atoms with Crippen molar-refractivity contribution in [2.45, 2.75) is 25.3 Å². The van der Waals surface area contributed by atoms with Gasteiger partial charge in [-0.3, -0.25) is 10.1 Å². The van der Waals surface area contributed by atoms with E-state index in [0.29, 0.717) is 0 Å². The third-order valence-corrected chi connectivity index (χ3v) is 3.27. The number of nitrogens with two attached hydrogens (primary N) is 1. The van der Waals surface area contributed by atoms with Crippen LogP contribution in [0.5, 0.6) is 0 Å². The Bertz CT molecular complexity index is 420. The molecule has 0 saturated heterocycles. The maximum absolute atomic E-state index is 11.7. The first kappa shape index (κ1) is 8.71. The lowest BCUT2D eigenvalue weighted by molar-refractivity contribution is -0.122. The smallest absolute Gasteiger partial charge is 0.236 e. The first-order valence-electron chi connectivity index (χ1n) is 5.30. The second-order valence-electron chi connectivity index (χ2n) is 4.26. The molecule has 1 heterocycles. The molecule has 3 N–H and O–H groups in total. The normalized spacial score (nSPS) is 33.3. The van der Waals surface area contributed by atoms with Crippen LogP contribution in [0.4, 0.5) is 0 Å². The second-order valence-corrected chi connectivity index (χ2v) is 4.26. The average Bonchev–Trinajstić information content (AvgIpc) is 2.61. The summed E-state index contributed by atoms with van der Waals surface area (Å²) in [5, 5.41) is 2.57. The quantitative estimate of drug-likeness (QED) is 0.600. The minimum atomic E-state index is -0.144. The van der Waals surface area contributed by atoms with Crippen molar-refractivity contribution in [2.75, 3.05) is 0 Å². The second kappa shape index (κ2) is 2.95. The van der Waals surface area contributed by atoms with Gasteiger partial charge in [0.25, 0.3) is 0 Å². The van der Waals surface area contributed by atoms with E-state index in [-0.39, 0.29) is 23.8 Å². The number of hydrogen-bond acceptors (Lipinski definition) is 3. The number of hydrogen-bond donors (Lipinski definition) is 2. The van der Waals surface area contributed by atoms with E-state index in [4.69, 9.17) is 5.73 Å². The minimum absolute atomic E-state index is 0.0257. The van der Waals surface area contributed by atoms with Gasteiger partial charge in [-0.05, 0) is 30.4 Å². The number of carbonyl (C=O) groups excluding carboxylic acids is 1. The van der Waals surface area contributed by atoms with E-state index in [1.54, 1.807) is 0 Å². The molecule has 2 atom stereocenters. The summed E-state index contributed by atoms with van der Waals surface area (Å²) in [4.78, 5) is 15.9. The predicted molar refractivity (Wildman–Crippen MR) is 57.1 cm³/mol. The highest BCUT2D eigenvalue weighted by atomic mass is 16.2. The van der Waals surface area contributed by atoms with Crippen LogP contribution in [-0.4, -0.2) is 17.9 Å². The standard InChI is InChI=1S/C11H13N3O/c12-11-13-9-5-7-3-1-2-6(7)4-8(9)10(15)14-11/h4-5,8-9H,1-3H2,(H3,12,13,14,15)/t8-,9-/m1/s1. The van der Waals surface area contributed by atoms with Crippen molar-refractivity contribution in [1.82, 2.24) is 5.32 Å². The average molecular weight is 203 g/mol. The largest absolute Gasteiger partial charge is 0.370 e. The highest BCUT2D eigenvalue weighted by Crippen LogP contribution is 2.37. The summed E-state index contributed by atoms with van der Waals surface area (Å²) in [5.41, 5.74) is 8.24. The van der Waals surface area contributed by atoms with Crippen LogP contribution >= 0.6 is 0 Å². The van der Waals surface area contributed by atoms with E-state index < -0.39 is 0 Å². The maximum atomic E-state index is 11.7. The summed E-state index contributed by atoms with van der Waals surface area (Å²) in [6.45, 7) is 0. The molecule has 3 rings (SSSR count). The molecule has 0 bridgehead atoms. The summed E-state index contributed by atoms with van der Waals surface area (Å²) in [7, 11) is 0. The number of nitrogens with one attached hydrogen (secondary N) is 1. The highest BCUT2D eigenvalue weighted by Gasteiger charge is 2.34. The van der Waals surface area contributed by atoms with Gasteiger partial charge in [0, 0.05) is 0 Å². The number of amides is 1. The molecule has 1 amide bonds. The first-order valence-corrected chi connectivity index (χ1v) is 5.30. The van der Waals surface area contributed by atoms with Crippen LogP contribution in [0.1, 0.15) is 19.3 Å². The van der Waals surface area contributed by atoms with Gasteiger partial charge in [0.1, 0.15) is 0 Å². The number of nitrogens with zero attached hydrogens (tertiary/aromatic N) is 1. The number of allylic oxidation sites excluding steroid dienone is 2. The molecule has 4 nitrogen and oxygen atoms in total. The lowest BCUT2D eigenvalue weighted by Gasteiger charge is -2.27. The third-order valence-electron chi connectivity index (χ3n) is 3.27. The zero-order chi connectivity index (χ0) is 10.4. The fraction of sp³-hybridized carbons (Fsp3) is 0.455. The van der Waals surface area contributed by atoms with Crippen LogP contribution in [0.3, 0.4) is 0 Å². The zero-order valence-electron chi connectivity index (χ0n) is 8.36. The Balaban J connectivity index is 2.02. The van der Waals surface area contributed by atoms with Gasteiger partial charge in [0.15, 0.2) is 5.96 Å². The van der Waals surface area contributed by atoms with Gasteiger partial charge >= 0.3 is 0 Å². The molecule has 15 heavy (non-hydrogen) atoms. The molecule has 0 aromatic carbocycles. The topological polar surface area (TPSA) is 67.5 Å². The molecule has 0 aromatic heterocycles. The molecule has 3 aliphatic rings. The van der Waals surface area contributed by atoms with E-state index in [1.165, 1.54) is 17.6 Å². The molecular weight excluding hydrogens is 190 g/mol. The van der Waals surface area contributed by atoms with Gasteiger partial charge in [-0.25, -0.2) is 4.99 Å². The molecule has 1 fully saturated rings. The molecule has 2 aliphatic carbocycles. The summed E-state index contributed by atoms with van der Waals surface area (Å²) < 4.78 is 0. The van der Waals surface area contributed by atoms with Crippen molar-refractivity contribution in [3.05, 3.63) is 23.3 Å². The van der Waals surface area contributed by atoms with Crippen molar-refractivity contribution < 1.29 is 4.79 Å². The van der Waals surface area contributed by atoms with Crippen molar-refractivity contribution in [3.63, 3.8) is 0 Å². The van der Waals surface area contributed by atoms with E-state index in [9.17, 15) is 4.79 Å². The Morgan fingerprint density at radius 3 is 2.87 bits per heavy atom. The van der Waals surface area contributed by atoms with Crippen LogP contribution in [0, 0.1) is 5.92 Å². The number of rotatable bonds is 0. The molecule has 0 aromatic rings. The Morgan fingerprint density at radius 1 is 1.33 bits per heavy atom. The van der Waals surface area contributed by atoms with E-state index >= 15 is 0 Å². The predicted octanol–water partition coefficient (Wildman–Crippen LogP) is 0.466. The van der Waals surface area contributed by atoms with Crippen molar-refractivity contribution >= 4 is 11.9 Å². The van der Waals surface area contributed by atoms with Gasteiger partial charge in [-0.15, -0.1) is 0 Å². The molecule has 0 radical (unpaired) electrons. The van der Waals surface area contributed by atoms with Crippen molar-refractivity contribution in [1.29, 1.82) is 0 Å². The highest BCUT2D eigenvalue weighted by molar-refractivity contribution is 6.00. The fourth-order valence-corrected chi connectivity index (χ4v) is 2.55. The number of guanidine groups is 1. The van der Waals surface area contributed by atoms with Crippen molar-refractivity contribution in [3.8, 4) is 0 Å². The molecular formula is C11H13N3O. The third kappa shape index (κ3) is 1.28. The Labute approximate surface area is 87.9 Å². The summed E-state index contributed by atoms with van der Waals surface area (Å²) in [5.74, 6) is 0.0734. The zero-order valence-corrected chi connectivity index (χ0v) is 8.36. The van der Waals surface area contributed by atoms with E-state index in [1.807, 2.05) is 0 Å². The van der Waals surface area contributed by atoms with Crippen LogP contribution in [0.25, 0.3) is 0 Å². The lowest BCUT2D eigenvalue weighted by atomic mass is 9.87. The van der Waals surface area contributed by atoms with Crippen molar-refractivity contribution in [2.24, 2.45) is 16.6 Å². The summed E-state index contributed by atoms with van der Waals surface area (Å²) >= 11 is 0. The Morgan fingerprint density at radius 2 is 2.07 bits per heavy atom. The number of fused-ring (bicyclic) bond motifs is 2. The SMILES string of the molecule is NC1=N[C@@H]2C=C3CCCC3=C[C@H]2C(=O)N1. The van der Waals surface area contributed by atoms with Gasteiger partial charge in [-0.2, -0.15) is 0 Å². The monoisotopic (exact) mass is 203 g/mol. The molecule has 1 saturated carbocycles. The summed E-state index contributed by atoms with van der Waals surface area (Å²) in [6, 6.07) is -0.0735. The van der Waals surface area contributed by atoms with Crippen LogP contribution in [-0.2, 0) is 4.79 Å². The van der Waals surface area contributed by atoms with Crippen LogP contribution in [0.15, 0.2) is 28.3 Å². The molecule has 0 unspecified atom stereocenters. The van der Waals surface area contributed by atoms with Gasteiger partial charge in [-0.1, -0.05) is 12.2 Å².